The third-order valence-corrected chi connectivity index (χ3v) is 2.06. The molecule has 0 saturated heterocycles. The van der Waals surface area contributed by atoms with Gasteiger partial charge in [0.2, 0.25) is 0 Å². The summed E-state index contributed by atoms with van der Waals surface area (Å²) >= 11 is 1.09. The fraction of sp³-hybridized carbons (Fsp3) is 0.125. The van der Waals surface area contributed by atoms with E-state index in [2.05, 4.69) is 4.18 Å². The molecule has 0 heterocycles. The first-order chi connectivity index (χ1) is 5.34. The molecule has 0 fully saturated rings. The van der Waals surface area contributed by atoms with Crippen LogP contribution in [0, 0.1) is 18.4 Å². The van der Waals surface area contributed by atoms with E-state index in [0.29, 0.717) is 0 Å². The lowest BCUT2D eigenvalue weighted by Gasteiger charge is -1.98. The Kier molecular flexibility index (Phi) is 2.82. The molecule has 1 aromatic rings. The first kappa shape index (κ1) is 7.96. The van der Waals surface area contributed by atoms with Crippen LogP contribution in [0.4, 0.5) is 0 Å². The van der Waals surface area contributed by atoms with Gasteiger partial charge in [-0.05, 0) is 18.6 Å². The van der Waals surface area contributed by atoms with Crippen LogP contribution in [0.2, 0.25) is 0 Å². The molecular weight excluding hydrogens is 158 g/mol. The summed E-state index contributed by atoms with van der Waals surface area (Å²) in [4.78, 5) is 0.981. The van der Waals surface area contributed by atoms with Crippen molar-refractivity contribution in [2.24, 2.45) is 0 Å². The van der Waals surface area contributed by atoms with Crippen molar-refractivity contribution < 1.29 is 4.18 Å². The number of hydrogen-bond donors (Lipinski definition) is 0. The van der Waals surface area contributed by atoms with Crippen LogP contribution in [0.15, 0.2) is 29.2 Å². The fourth-order valence-corrected chi connectivity index (χ4v) is 1.17. The molecule has 0 aliphatic rings. The van der Waals surface area contributed by atoms with Crippen molar-refractivity contribution in [3.63, 3.8) is 0 Å². The van der Waals surface area contributed by atoms with E-state index in [1.54, 1.807) is 6.26 Å². The van der Waals surface area contributed by atoms with E-state index in [1.807, 2.05) is 31.2 Å². The van der Waals surface area contributed by atoms with Crippen molar-refractivity contribution in [1.29, 1.82) is 5.26 Å². The number of rotatable bonds is 2. The van der Waals surface area contributed by atoms with Gasteiger partial charge in [0.1, 0.15) is 12.0 Å². The van der Waals surface area contributed by atoms with Crippen LogP contribution in [0.5, 0.6) is 0 Å². The van der Waals surface area contributed by atoms with Gasteiger partial charge in [-0.2, -0.15) is 0 Å². The van der Waals surface area contributed by atoms with Crippen LogP contribution < -0.4 is 0 Å². The van der Waals surface area contributed by atoms with Gasteiger partial charge in [-0.15, -0.1) is 5.26 Å². The fourth-order valence-electron chi connectivity index (χ4n) is 0.713. The Bertz CT molecular complexity index is 280. The lowest BCUT2D eigenvalue weighted by Crippen LogP contribution is -1.77. The number of benzene rings is 1. The maximum Gasteiger partial charge on any atom is 0.300 e. The molecule has 0 atom stereocenters. The third-order valence-electron chi connectivity index (χ3n) is 1.26. The lowest BCUT2D eigenvalue weighted by molar-refractivity contribution is 0.594. The van der Waals surface area contributed by atoms with E-state index in [4.69, 9.17) is 5.26 Å². The molecule has 2 nitrogen and oxygen atoms in total. The van der Waals surface area contributed by atoms with Crippen LogP contribution in [-0.4, -0.2) is 0 Å². The Hall–Kier alpha value is -1.14. The topological polar surface area (TPSA) is 33.0 Å². The predicted molar refractivity (Wildman–Crippen MR) is 43.7 cm³/mol. The van der Waals surface area contributed by atoms with E-state index in [-0.39, 0.29) is 0 Å². The summed E-state index contributed by atoms with van der Waals surface area (Å²) in [5, 5.41) is 8.13. The van der Waals surface area contributed by atoms with E-state index >= 15 is 0 Å². The lowest BCUT2D eigenvalue weighted by atomic mass is 10.2. The van der Waals surface area contributed by atoms with Crippen LogP contribution in [-0.2, 0) is 4.18 Å². The average molecular weight is 165 g/mol. The largest absolute Gasteiger partial charge is 0.347 e. The summed E-state index contributed by atoms with van der Waals surface area (Å²) in [6.45, 7) is 1.98. The Morgan fingerprint density at radius 3 is 2.82 bits per heavy atom. The molecule has 1 aromatic carbocycles. The van der Waals surface area contributed by atoms with E-state index in [0.717, 1.165) is 22.5 Å². The van der Waals surface area contributed by atoms with E-state index < -0.39 is 0 Å². The Labute approximate surface area is 70.0 Å². The molecule has 0 spiro atoms. The highest BCUT2D eigenvalue weighted by atomic mass is 32.2. The summed E-state index contributed by atoms with van der Waals surface area (Å²) in [5.41, 5.74) is 1.12. The van der Waals surface area contributed by atoms with Gasteiger partial charge in [0.05, 0.1) is 4.90 Å². The van der Waals surface area contributed by atoms with Gasteiger partial charge in [-0.25, -0.2) is 0 Å². The molecule has 0 N–H and O–H groups in total. The monoisotopic (exact) mass is 165 g/mol. The first-order valence-electron chi connectivity index (χ1n) is 3.13. The van der Waals surface area contributed by atoms with Crippen LogP contribution in [0.25, 0.3) is 0 Å². The molecule has 0 unspecified atom stereocenters. The minimum absolute atomic E-state index is 0.981. The zero-order valence-corrected chi connectivity index (χ0v) is 6.89. The molecule has 0 aliphatic carbocycles. The second kappa shape index (κ2) is 3.89. The van der Waals surface area contributed by atoms with Gasteiger partial charge in [-0.3, -0.25) is 0 Å². The van der Waals surface area contributed by atoms with Gasteiger partial charge in [-0.1, -0.05) is 18.2 Å². The third kappa shape index (κ3) is 2.17. The quantitative estimate of drug-likeness (QED) is 0.498. The Morgan fingerprint density at radius 1 is 1.45 bits per heavy atom. The van der Waals surface area contributed by atoms with Crippen molar-refractivity contribution in [2.45, 2.75) is 11.8 Å². The molecular formula is C8H7NOS. The molecule has 0 aliphatic heterocycles. The SMILES string of the molecule is Cc1ccccc1SOC#N. The van der Waals surface area contributed by atoms with Crippen molar-refractivity contribution in [3.8, 4) is 6.26 Å². The zero-order valence-electron chi connectivity index (χ0n) is 6.07. The van der Waals surface area contributed by atoms with E-state index in [9.17, 15) is 0 Å². The van der Waals surface area contributed by atoms with Gasteiger partial charge >= 0.3 is 0 Å². The first-order valence-corrected chi connectivity index (χ1v) is 3.87. The van der Waals surface area contributed by atoms with E-state index in [1.165, 1.54) is 0 Å². The smallest absolute Gasteiger partial charge is 0.300 e. The minimum Gasteiger partial charge on any atom is -0.347 e. The van der Waals surface area contributed by atoms with Gasteiger partial charge in [0.15, 0.2) is 0 Å². The highest BCUT2D eigenvalue weighted by Gasteiger charge is 1.96. The molecule has 11 heavy (non-hydrogen) atoms. The minimum atomic E-state index is 0.981. The summed E-state index contributed by atoms with van der Waals surface area (Å²) in [5.74, 6) is 0. The van der Waals surface area contributed by atoms with Crippen molar-refractivity contribution in [3.05, 3.63) is 29.8 Å². The standard InChI is InChI=1S/C8H7NOS/c1-7-4-2-3-5-8(7)11-10-6-9/h2-5H,1H3. The number of hydrogen-bond acceptors (Lipinski definition) is 3. The van der Waals surface area contributed by atoms with Gasteiger partial charge in [0, 0.05) is 0 Å². The maximum absolute atomic E-state index is 8.13. The van der Waals surface area contributed by atoms with Crippen molar-refractivity contribution in [2.75, 3.05) is 0 Å². The molecule has 0 aromatic heterocycles. The molecule has 56 valence electrons. The normalized spacial score (nSPS) is 8.73. The second-order valence-corrected chi connectivity index (χ2v) is 2.80. The summed E-state index contributed by atoms with van der Waals surface area (Å²) in [6, 6.07) is 7.75. The summed E-state index contributed by atoms with van der Waals surface area (Å²) in [7, 11) is 0. The van der Waals surface area contributed by atoms with Crippen LogP contribution in [0.3, 0.4) is 0 Å². The van der Waals surface area contributed by atoms with Crippen molar-refractivity contribution in [1.82, 2.24) is 0 Å². The molecule has 3 heteroatoms. The number of aryl methyl sites for hydroxylation is 1. The number of nitriles is 1. The summed E-state index contributed by atoms with van der Waals surface area (Å²) in [6.07, 6.45) is 1.61. The van der Waals surface area contributed by atoms with Gasteiger partial charge in [0.25, 0.3) is 6.26 Å². The molecule has 0 amide bonds. The maximum atomic E-state index is 8.13. The summed E-state index contributed by atoms with van der Waals surface area (Å²) < 4.78 is 4.52. The van der Waals surface area contributed by atoms with Crippen LogP contribution >= 0.6 is 12.0 Å². The van der Waals surface area contributed by atoms with Gasteiger partial charge < -0.3 is 4.18 Å². The number of nitrogens with zero attached hydrogens (tertiary/aromatic N) is 1. The second-order valence-electron chi connectivity index (χ2n) is 2.02. The van der Waals surface area contributed by atoms with Crippen LogP contribution in [0.1, 0.15) is 5.56 Å². The molecule has 0 saturated carbocycles. The predicted octanol–water partition coefficient (Wildman–Crippen LogP) is 2.50. The Balaban J connectivity index is 2.71. The highest BCUT2D eigenvalue weighted by molar-refractivity contribution is 7.94. The van der Waals surface area contributed by atoms with Crippen molar-refractivity contribution >= 4 is 12.0 Å². The molecule has 0 radical (unpaired) electrons. The average Bonchev–Trinajstić information content (AvgIpc) is 2.03. The highest BCUT2D eigenvalue weighted by Crippen LogP contribution is 2.21. The molecule has 1 rings (SSSR count). The Morgan fingerprint density at radius 2 is 2.18 bits per heavy atom. The molecule has 0 bridgehead atoms. The zero-order chi connectivity index (χ0) is 8.10.